The normalized spacial score (nSPS) is 43.7. The fraction of sp³-hybridized carbons (Fsp3) is 0.400. The van der Waals surface area contributed by atoms with Crippen LogP contribution in [0, 0.1) is 5.92 Å². The van der Waals surface area contributed by atoms with Crippen LogP contribution in [-0.2, 0) is 19.1 Å². The van der Waals surface area contributed by atoms with E-state index in [0.29, 0.717) is 0 Å². The maximum Gasteiger partial charge on any atom is 0.190 e. The molecule has 4 nitrogen and oxygen atoms in total. The van der Waals surface area contributed by atoms with E-state index in [-0.39, 0.29) is 23.6 Å². The summed E-state index contributed by atoms with van der Waals surface area (Å²) in [6.07, 6.45) is 4.53. The maximum absolute atomic E-state index is 11.7. The van der Waals surface area contributed by atoms with Gasteiger partial charge >= 0.3 is 0 Å². The zero-order chi connectivity index (χ0) is 9.71. The highest BCUT2D eigenvalue weighted by molar-refractivity contribution is 6.02. The van der Waals surface area contributed by atoms with E-state index in [1.54, 1.807) is 12.2 Å². The van der Waals surface area contributed by atoms with Crippen LogP contribution in [0.1, 0.15) is 0 Å². The van der Waals surface area contributed by atoms with Gasteiger partial charge in [-0.15, -0.1) is 0 Å². The molecule has 3 rings (SSSR count). The largest absolute Gasteiger partial charge is 0.487 e. The fourth-order valence-electron chi connectivity index (χ4n) is 2.05. The summed E-state index contributed by atoms with van der Waals surface area (Å²) in [4.78, 5) is 23.1. The number of ether oxygens (including phenoxy) is 2. The first-order valence-corrected chi connectivity index (χ1v) is 4.51. The lowest BCUT2D eigenvalue weighted by Crippen LogP contribution is -2.57. The molecule has 1 fully saturated rings. The lowest BCUT2D eigenvalue weighted by Gasteiger charge is -2.40. The third kappa shape index (κ3) is 0.861. The first kappa shape index (κ1) is 7.94. The number of hydrogen-bond acceptors (Lipinski definition) is 4. The molecule has 0 saturated carbocycles. The lowest BCUT2D eigenvalue weighted by atomic mass is 9.83. The molecule has 0 aromatic heterocycles. The second kappa shape index (κ2) is 2.54. The molecule has 4 atom stereocenters. The monoisotopic (exact) mass is 192 g/mol. The van der Waals surface area contributed by atoms with E-state index in [1.807, 2.05) is 0 Å². The predicted octanol–water partition coefficient (Wildman–Crippen LogP) is -0.00950. The Morgan fingerprint density at radius 2 is 2.00 bits per heavy atom. The number of Topliss-reactive ketones (excluding diaryl/α,β-unsaturated/α-hetero) is 1. The van der Waals surface area contributed by atoms with Crippen molar-refractivity contribution in [3.63, 3.8) is 0 Å². The van der Waals surface area contributed by atoms with Crippen LogP contribution >= 0.6 is 0 Å². The summed E-state index contributed by atoms with van der Waals surface area (Å²) in [5.74, 6) is -0.519. The van der Waals surface area contributed by atoms with Gasteiger partial charge < -0.3 is 9.47 Å². The van der Waals surface area contributed by atoms with Gasteiger partial charge in [-0.1, -0.05) is 6.08 Å². The van der Waals surface area contributed by atoms with Crippen LogP contribution in [0.2, 0.25) is 0 Å². The molecule has 72 valence electrons. The number of carbonyl (C=O) groups is 2. The summed E-state index contributed by atoms with van der Waals surface area (Å²) in [6.45, 7) is 0. The molecule has 0 spiro atoms. The highest BCUT2D eigenvalue weighted by atomic mass is 16.6. The van der Waals surface area contributed by atoms with Gasteiger partial charge in [-0.25, -0.2) is 0 Å². The quantitative estimate of drug-likeness (QED) is 0.541. The van der Waals surface area contributed by atoms with Crippen molar-refractivity contribution in [2.24, 2.45) is 5.92 Å². The number of fused-ring (bicyclic) bond motifs is 6. The molecular weight excluding hydrogens is 184 g/mol. The Hall–Kier alpha value is -1.42. The Balaban J connectivity index is 2.10. The van der Waals surface area contributed by atoms with Gasteiger partial charge in [0.25, 0.3) is 0 Å². The molecule has 3 aliphatic rings. The van der Waals surface area contributed by atoms with Crippen LogP contribution in [0.4, 0.5) is 0 Å². The highest BCUT2D eigenvalue weighted by Crippen LogP contribution is 2.32. The average Bonchev–Trinajstić information content (AvgIpc) is 2.17. The van der Waals surface area contributed by atoms with Crippen molar-refractivity contribution >= 4 is 11.6 Å². The topological polar surface area (TPSA) is 52.6 Å². The Morgan fingerprint density at radius 3 is 2.86 bits per heavy atom. The van der Waals surface area contributed by atoms with Gasteiger partial charge in [0.1, 0.15) is 0 Å². The highest BCUT2D eigenvalue weighted by Gasteiger charge is 2.50. The molecular formula is C10H8O4. The molecule has 0 aromatic rings. The Kier molecular flexibility index (Phi) is 1.44. The minimum atomic E-state index is -0.737. The molecule has 3 aliphatic heterocycles. The van der Waals surface area contributed by atoms with Crippen LogP contribution in [0.25, 0.3) is 0 Å². The molecule has 1 saturated heterocycles. The van der Waals surface area contributed by atoms with E-state index >= 15 is 0 Å². The van der Waals surface area contributed by atoms with E-state index in [4.69, 9.17) is 9.47 Å². The minimum absolute atomic E-state index is 0.0496. The van der Waals surface area contributed by atoms with Crippen molar-refractivity contribution in [3.05, 3.63) is 24.5 Å². The molecule has 4 bridgehead atoms. The Labute approximate surface area is 80.2 Å². The van der Waals surface area contributed by atoms with Crippen molar-refractivity contribution in [1.82, 2.24) is 0 Å². The van der Waals surface area contributed by atoms with E-state index in [2.05, 4.69) is 0 Å². The van der Waals surface area contributed by atoms with Gasteiger partial charge in [0.2, 0.25) is 0 Å². The molecule has 0 aliphatic carbocycles. The summed E-state index contributed by atoms with van der Waals surface area (Å²) in [7, 11) is 0. The van der Waals surface area contributed by atoms with Crippen LogP contribution in [-0.4, -0.2) is 29.9 Å². The van der Waals surface area contributed by atoms with Crippen LogP contribution < -0.4 is 0 Å². The van der Waals surface area contributed by atoms with Gasteiger partial charge in [0.05, 0.1) is 18.3 Å². The van der Waals surface area contributed by atoms with Crippen molar-refractivity contribution < 1.29 is 19.1 Å². The smallest absolute Gasteiger partial charge is 0.190 e. The molecule has 3 heterocycles. The predicted molar refractivity (Wildman–Crippen MR) is 45.3 cm³/mol. The van der Waals surface area contributed by atoms with Gasteiger partial charge in [0, 0.05) is 0 Å². The second-order valence-corrected chi connectivity index (χ2v) is 3.60. The third-order valence-electron chi connectivity index (χ3n) is 2.78. The molecule has 14 heavy (non-hydrogen) atoms. The molecule has 0 aromatic carbocycles. The van der Waals surface area contributed by atoms with E-state index in [1.165, 1.54) is 12.3 Å². The molecule has 0 unspecified atom stereocenters. The molecule has 0 radical (unpaired) electrons. The molecule has 0 amide bonds. The van der Waals surface area contributed by atoms with Gasteiger partial charge in [-0.3, -0.25) is 9.59 Å². The zero-order valence-corrected chi connectivity index (χ0v) is 7.25. The molecule has 0 N–H and O–H groups in total. The van der Waals surface area contributed by atoms with Gasteiger partial charge in [0.15, 0.2) is 23.8 Å². The summed E-state index contributed by atoms with van der Waals surface area (Å²) >= 11 is 0. The maximum atomic E-state index is 11.7. The van der Waals surface area contributed by atoms with Crippen LogP contribution in [0.15, 0.2) is 24.5 Å². The zero-order valence-electron chi connectivity index (χ0n) is 7.25. The molecule has 4 heteroatoms. The van der Waals surface area contributed by atoms with Crippen molar-refractivity contribution in [3.8, 4) is 0 Å². The van der Waals surface area contributed by atoms with Crippen LogP contribution in [0.3, 0.4) is 0 Å². The fourth-order valence-corrected chi connectivity index (χ4v) is 2.05. The van der Waals surface area contributed by atoms with E-state index in [0.717, 1.165) is 0 Å². The van der Waals surface area contributed by atoms with Crippen molar-refractivity contribution in [2.45, 2.75) is 18.3 Å². The lowest BCUT2D eigenvalue weighted by molar-refractivity contribution is -0.172. The summed E-state index contributed by atoms with van der Waals surface area (Å²) in [5.41, 5.74) is 0. The first-order chi connectivity index (χ1) is 6.77. The van der Waals surface area contributed by atoms with Crippen LogP contribution in [0.5, 0.6) is 0 Å². The van der Waals surface area contributed by atoms with E-state index < -0.39 is 12.2 Å². The summed E-state index contributed by atoms with van der Waals surface area (Å²) < 4.78 is 10.5. The number of rotatable bonds is 0. The second-order valence-electron chi connectivity index (χ2n) is 3.60. The van der Waals surface area contributed by atoms with Gasteiger partial charge in [-0.2, -0.15) is 0 Å². The first-order valence-electron chi connectivity index (χ1n) is 4.51. The Morgan fingerprint density at radius 1 is 1.14 bits per heavy atom. The third-order valence-corrected chi connectivity index (χ3v) is 2.78. The van der Waals surface area contributed by atoms with E-state index in [9.17, 15) is 9.59 Å². The summed E-state index contributed by atoms with van der Waals surface area (Å²) in [6, 6.07) is 0. The van der Waals surface area contributed by atoms with Crippen molar-refractivity contribution in [2.75, 3.05) is 0 Å². The minimum Gasteiger partial charge on any atom is -0.487 e. The standard InChI is InChI=1S/C10H8O4/c11-6-1-2-7-5-3-4-13-10(8(5)12)9(6)14-7/h1-5,7,9-10H/t5-,7-,9+,10-/m1/s1. The summed E-state index contributed by atoms with van der Waals surface area (Å²) in [5, 5.41) is 0. The number of ketones is 2. The SMILES string of the molecule is O=C1[C@H]2OC=C[C@@H]1[C@H]1C=CC(=O)[C@@H]2O1. The number of carbonyl (C=O) groups excluding carboxylic acids is 2. The Bertz CT molecular complexity index is 368. The van der Waals surface area contributed by atoms with Gasteiger partial charge in [-0.05, 0) is 12.2 Å². The van der Waals surface area contributed by atoms with Crippen molar-refractivity contribution in [1.29, 1.82) is 0 Å². The average molecular weight is 192 g/mol. The number of hydrogen-bond donors (Lipinski definition) is 0.